The highest BCUT2D eigenvalue weighted by molar-refractivity contribution is 5.56. The second kappa shape index (κ2) is 6.49. The van der Waals surface area contributed by atoms with E-state index in [4.69, 9.17) is 9.26 Å². The topological polar surface area (TPSA) is 91.3 Å². The number of nitro groups is 1. The molecule has 1 heterocycles. The number of ether oxygens (including phenoxy) is 1. The molecule has 7 nitrogen and oxygen atoms in total. The van der Waals surface area contributed by atoms with Crippen LogP contribution in [0.1, 0.15) is 17.0 Å². The lowest BCUT2D eigenvalue weighted by Gasteiger charge is -2.05. The van der Waals surface area contributed by atoms with Gasteiger partial charge in [-0.25, -0.2) is 0 Å². The second-order valence-electron chi connectivity index (χ2n) is 5.35. The Morgan fingerprint density at radius 3 is 2.54 bits per heavy atom. The van der Waals surface area contributed by atoms with Gasteiger partial charge >= 0.3 is 0 Å². The summed E-state index contributed by atoms with van der Waals surface area (Å²) in [5.41, 5.74) is 2.99. The Morgan fingerprint density at radius 1 is 1.12 bits per heavy atom. The lowest BCUT2D eigenvalue weighted by atomic mass is 10.1. The maximum Gasteiger partial charge on any atom is 0.269 e. The van der Waals surface area contributed by atoms with E-state index in [0.29, 0.717) is 17.3 Å². The van der Waals surface area contributed by atoms with Crippen molar-refractivity contribution in [2.75, 3.05) is 0 Å². The van der Waals surface area contributed by atoms with E-state index < -0.39 is 4.92 Å². The van der Waals surface area contributed by atoms with Crippen molar-refractivity contribution in [1.82, 2.24) is 10.1 Å². The van der Waals surface area contributed by atoms with Gasteiger partial charge in [0.15, 0.2) is 6.61 Å². The second-order valence-corrected chi connectivity index (χ2v) is 5.35. The molecule has 0 unspecified atom stereocenters. The molecule has 0 aliphatic rings. The average molecular weight is 325 g/mol. The molecule has 0 bridgehead atoms. The number of nitrogens with zero attached hydrogens (tertiary/aromatic N) is 3. The number of aryl methyl sites for hydroxylation is 2. The molecule has 3 rings (SSSR count). The van der Waals surface area contributed by atoms with Crippen molar-refractivity contribution >= 4 is 5.69 Å². The summed E-state index contributed by atoms with van der Waals surface area (Å²) in [5, 5.41) is 14.5. The SMILES string of the molecule is Cc1ccc(OCc2nc(-c3ccc([N+](=O)[O-])cc3)no2)cc1C. The summed E-state index contributed by atoms with van der Waals surface area (Å²) in [6, 6.07) is 11.8. The Kier molecular flexibility index (Phi) is 4.24. The molecule has 0 radical (unpaired) electrons. The van der Waals surface area contributed by atoms with Crippen molar-refractivity contribution in [3.63, 3.8) is 0 Å². The molecular weight excluding hydrogens is 310 g/mol. The van der Waals surface area contributed by atoms with Crippen LogP contribution in [0.5, 0.6) is 5.75 Å². The van der Waals surface area contributed by atoms with Gasteiger partial charge in [-0.15, -0.1) is 0 Å². The van der Waals surface area contributed by atoms with Gasteiger partial charge in [-0.05, 0) is 49.2 Å². The first-order valence-corrected chi connectivity index (χ1v) is 7.30. The quantitative estimate of drug-likeness (QED) is 0.523. The standard InChI is InChI=1S/C17H15N3O4/c1-11-3-8-15(9-12(11)2)23-10-16-18-17(19-24-16)13-4-6-14(7-5-13)20(21)22/h3-9H,10H2,1-2H3. The maximum absolute atomic E-state index is 10.7. The van der Waals surface area contributed by atoms with Crippen LogP contribution >= 0.6 is 0 Å². The Labute approximate surface area is 138 Å². The summed E-state index contributed by atoms with van der Waals surface area (Å²) < 4.78 is 10.8. The van der Waals surface area contributed by atoms with Gasteiger partial charge in [0, 0.05) is 17.7 Å². The van der Waals surface area contributed by atoms with Crippen LogP contribution in [-0.2, 0) is 6.61 Å². The number of non-ortho nitro benzene ring substituents is 1. The van der Waals surface area contributed by atoms with Crippen molar-refractivity contribution in [3.8, 4) is 17.1 Å². The molecule has 7 heteroatoms. The number of aromatic nitrogens is 2. The van der Waals surface area contributed by atoms with Crippen LogP contribution in [0.15, 0.2) is 47.0 Å². The molecule has 0 atom stereocenters. The minimum Gasteiger partial charge on any atom is -0.484 e. The highest BCUT2D eigenvalue weighted by Crippen LogP contribution is 2.21. The fourth-order valence-corrected chi connectivity index (χ4v) is 2.11. The third-order valence-electron chi connectivity index (χ3n) is 3.65. The van der Waals surface area contributed by atoms with Crippen LogP contribution in [0.4, 0.5) is 5.69 Å². The van der Waals surface area contributed by atoms with Crippen molar-refractivity contribution in [2.24, 2.45) is 0 Å². The smallest absolute Gasteiger partial charge is 0.269 e. The largest absolute Gasteiger partial charge is 0.484 e. The molecule has 3 aromatic rings. The molecule has 0 spiro atoms. The van der Waals surface area contributed by atoms with Crippen molar-refractivity contribution in [3.05, 3.63) is 69.6 Å². The third-order valence-corrected chi connectivity index (χ3v) is 3.65. The van der Waals surface area contributed by atoms with Gasteiger partial charge in [-0.3, -0.25) is 10.1 Å². The molecular formula is C17H15N3O4. The van der Waals surface area contributed by atoms with Gasteiger partial charge in [0.1, 0.15) is 5.75 Å². The zero-order valence-corrected chi connectivity index (χ0v) is 13.2. The maximum atomic E-state index is 10.7. The van der Waals surface area contributed by atoms with Gasteiger partial charge in [-0.2, -0.15) is 4.98 Å². The zero-order chi connectivity index (χ0) is 17.1. The Hall–Kier alpha value is -3.22. The van der Waals surface area contributed by atoms with E-state index in [1.54, 1.807) is 12.1 Å². The fourth-order valence-electron chi connectivity index (χ4n) is 2.11. The van der Waals surface area contributed by atoms with Gasteiger partial charge < -0.3 is 9.26 Å². The van der Waals surface area contributed by atoms with Crippen LogP contribution in [0.2, 0.25) is 0 Å². The van der Waals surface area contributed by atoms with Crippen molar-refractivity contribution < 1.29 is 14.2 Å². The number of hydrogen-bond acceptors (Lipinski definition) is 6. The normalized spacial score (nSPS) is 10.6. The summed E-state index contributed by atoms with van der Waals surface area (Å²) in [5.74, 6) is 1.43. The van der Waals surface area contributed by atoms with Gasteiger partial charge in [-0.1, -0.05) is 11.2 Å². The summed E-state index contributed by atoms with van der Waals surface area (Å²) in [6.07, 6.45) is 0. The molecule has 1 aromatic heterocycles. The Balaban J connectivity index is 1.68. The first-order chi connectivity index (χ1) is 11.5. The van der Waals surface area contributed by atoms with Crippen LogP contribution < -0.4 is 4.74 Å². The van der Waals surface area contributed by atoms with Crippen molar-refractivity contribution in [2.45, 2.75) is 20.5 Å². The monoisotopic (exact) mass is 325 g/mol. The zero-order valence-electron chi connectivity index (χ0n) is 13.2. The first-order valence-electron chi connectivity index (χ1n) is 7.30. The number of nitro benzene ring substituents is 1. The predicted octanol–water partition coefficient (Wildman–Crippen LogP) is 3.84. The lowest BCUT2D eigenvalue weighted by Crippen LogP contribution is -1.96. The van der Waals surface area contributed by atoms with E-state index in [1.165, 1.54) is 17.7 Å². The van der Waals surface area contributed by atoms with E-state index >= 15 is 0 Å². The van der Waals surface area contributed by atoms with Gasteiger partial charge in [0.2, 0.25) is 5.82 Å². The molecule has 0 N–H and O–H groups in total. The third kappa shape index (κ3) is 3.40. The van der Waals surface area contributed by atoms with E-state index in [-0.39, 0.29) is 12.3 Å². The molecule has 122 valence electrons. The number of benzene rings is 2. The highest BCUT2D eigenvalue weighted by atomic mass is 16.6. The molecule has 24 heavy (non-hydrogen) atoms. The van der Waals surface area contributed by atoms with Crippen LogP contribution in [0, 0.1) is 24.0 Å². The minimum absolute atomic E-state index is 0.0144. The van der Waals surface area contributed by atoms with Gasteiger partial charge in [0.25, 0.3) is 11.6 Å². The van der Waals surface area contributed by atoms with E-state index in [0.717, 1.165) is 11.3 Å². The molecule has 2 aromatic carbocycles. The van der Waals surface area contributed by atoms with Crippen molar-refractivity contribution in [1.29, 1.82) is 0 Å². The minimum atomic E-state index is -0.456. The Morgan fingerprint density at radius 2 is 1.88 bits per heavy atom. The first kappa shape index (κ1) is 15.7. The summed E-state index contributed by atoms with van der Waals surface area (Å²) >= 11 is 0. The summed E-state index contributed by atoms with van der Waals surface area (Å²) in [6.45, 7) is 4.21. The fraction of sp³-hybridized carbons (Fsp3) is 0.176. The Bertz CT molecular complexity index is 872. The number of rotatable bonds is 5. The average Bonchev–Trinajstić information content (AvgIpc) is 3.05. The summed E-state index contributed by atoms with van der Waals surface area (Å²) in [4.78, 5) is 14.4. The molecule has 0 fully saturated rings. The van der Waals surface area contributed by atoms with Crippen LogP contribution in [0.3, 0.4) is 0 Å². The van der Waals surface area contributed by atoms with E-state index in [2.05, 4.69) is 10.1 Å². The predicted molar refractivity (Wildman–Crippen MR) is 86.6 cm³/mol. The van der Waals surface area contributed by atoms with Gasteiger partial charge in [0.05, 0.1) is 4.92 Å². The lowest BCUT2D eigenvalue weighted by molar-refractivity contribution is -0.384. The molecule has 0 saturated heterocycles. The highest BCUT2D eigenvalue weighted by Gasteiger charge is 2.11. The molecule has 0 aliphatic heterocycles. The van der Waals surface area contributed by atoms with Crippen LogP contribution in [-0.4, -0.2) is 15.1 Å². The summed E-state index contributed by atoms with van der Waals surface area (Å²) in [7, 11) is 0. The molecule has 0 aliphatic carbocycles. The van der Waals surface area contributed by atoms with E-state index in [9.17, 15) is 10.1 Å². The molecule has 0 saturated carbocycles. The van der Waals surface area contributed by atoms with Crippen LogP contribution in [0.25, 0.3) is 11.4 Å². The molecule has 0 amide bonds. The number of hydrogen-bond donors (Lipinski definition) is 0. The van der Waals surface area contributed by atoms with E-state index in [1.807, 2.05) is 32.0 Å².